The highest BCUT2D eigenvalue weighted by Gasteiger charge is 2.05. The molecular weight excluding hydrogens is 228 g/mol. The predicted molar refractivity (Wildman–Crippen MR) is 62.7 cm³/mol. The molecule has 0 unspecified atom stereocenters. The summed E-state index contributed by atoms with van der Waals surface area (Å²) in [5.74, 6) is 0.695. The van der Waals surface area contributed by atoms with E-state index in [1.165, 1.54) is 6.33 Å². The molecule has 0 fully saturated rings. The van der Waals surface area contributed by atoms with E-state index < -0.39 is 0 Å². The van der Waals surface area contributed by atoms with E-state index in [2.05, 4.69) is 20.4 Å². The largest absolute Gasteiger partial charge is 0.391 e. The Bertz CT molecular complexity index is 444. The van der Waals surface area contributed by atoms with Crippen LogP contribution >= 0.6 is 11.6 Å². The van der Waals surface area contributed by atoms with Gasteiger partial charge in [0.2, 0.25) is 0 Å². The van der Waals surface area contributed by atoms with E-state index >= 15 is 0 Å². The van der Waals surface area contributed by atoms with Crippen LogP contribution in [-0.4, -0.2) is 28.8 Å². The maximum atomic E-state index is 5.74. The summed E-state index contributed by atoms with van der Waals surface area (Å²) >= 11 is 5.74. The molecule has 0 saturated heterocycles. The van der Waals surface area contributed by atoms with Crippen LogP contribution in [0.4, 0.5) is 5.82 Å². The van der Waals surface area contributed by atoms with Crippen LogP contribution in [0.2, 0.25) is 5.15 Å². The van der Waals surface area contributed by atoms with Gasteiger partial charge < -0.3 is 10.2 Å². The lowest BCUT2D eigenvalue weighted by molar-refractivity contribution is 0.164. The number of nitrogens with zero attached hydrogens (tertiary/aromatic N) is 3. The molecule has 0 amide bonds. The number of aromatic nitrogens is 2. The molecule has 0 atom stereocenters. The Morgan fingerprint density at radius 2 is 2.38 bits per heavy atom. The van der Waals surface area contributed by atoms with E-state index in [4.69, 9.17) is 16.4 Å². The summed E-state index contributed by atoms with van der Waals surface area (Å²) in [5, 5.41) is 7.37. The van der Waals surface area contributed by atoms with Gasteiger partial charge in [-0.05, 0) is 18.6 Å². The molecule has 6 heteroatoms. The summed E-state index contributed by atoms with van der Waals surface area (Å²) < 4.78 is 0. The van der Waals surface area contributed by atoms with Gasteiger partial charge in [-0.15, -0.1) is 0 Å². The number of hydrogen-bond acceptors (Lipinski definition) is 5. The van der Waals surface area contributed by atoms with Crippen molar-refractivity contribution >= 4 is 23.1 Å². The van der Waals surface area contributed by atoms with Crippen molar-refractivity contribution in [3.8, 4) is 0 Å². The lowest BCUT2D eigenvalue weighted by Gasteiger charge is -2.12. The molecule has 84 valence electrons. The first-order chi connectivity index (χ1) is 7.74. The average molecular weight is 239 g/mol. The summed E-state index contributed by atoms with van der Waals surface area (Å²) in [4.78, 5) is 12.9. The lowest BCUT2D eigenvalue weighted by atomic mass is 10.2. The second-order valence-electron chi connectivity index (χ2n) is 3.39. The third-order valence-corrected chi connectivity index (χ3v) is 2.21. The van der Waals surface area contributed by atoms with Crippen LogP contribution in [0, 0.1) is 0 Å². The number of rotatable bonds is 3. The summed E-state index contributed by atoms with van der Waals surface area (Å²) in [5.41, 5.74) is 1.98. The van der Waals surface area contributed by atoms with E-state index in [0.717, 1.165) is 11.3 Å². The topological polar surface area (TPSA) is 59.4 Å². The Morgan fingerprint density at radius 1 is 1.50 bits per heavy atom. The van der Waals surface area contributed by atoms with Gasteiger partial charge in [-0.1, -0.05) is 16.8 Å². The third-order valence-electron chi connectivity index (χ3n) is 2.00. The molecule has 0 aliphatic carbocycles. The molecule has 1 aromatic rings. The maximum Gasteiger partial charge on any atom is 0.140 e. The quantitative estimate of drug-likeness (QED) is 0.817. The van der Waals surface area contributed by atoms with Gasteiger partial charge >= 0.3 is 0 Å². The molecule has 0 aromatic carbocycles. The molecule has 1 N–H and O–H groups in total. The minimum absolute atomic E-state index is 0.420. The molecule has 0 spiro atoms. The van der Waals surface area contributed by atoms with Crippen LogP contribution < -0.4 is 5.32 Å². The fraction of sp³-hybridized carbons (Fsp3) is 0.300. The minimum atomic E-state index is 0.420. The molecular formula is C10H11ClN4O. The summed E-state index contributed by atoms with van der Waals surface area (Å²) in [7, 11) is 0. The first-order valence-corrected chi connectivity index (χ1v) is 5.19. The summed E-state index contributed by atoms with van der Waals surface area (Å²) in [6, 6.07) is 1.67. The highest BCUT2D eigenvalue weighted by Crippen LogP contribution is 2.10. The van der Waals surface area contributed by atoms with Crippen LogP contribution in [0.15, 0.2) is 29.2 Å². The highest BCUT2D eigenvalue weighted by molar-refractivity contribution is 6.29. The second-order valence-corrected chi connectivity index (χ2v) is 3.78. The van der Waals surface area contributed by atoms with Crippen LogP contribution in [0.3, 0.4) is 0 Å². The van der Waals surface area contributed by atoms with E-state index in [1.54, 1.807) is 6.07 Å². The Kier molecular flexibility index (Phi) is 3.36. The number of anilines is 1. The normalized spacial score (nSPS) is 14.9. The Hall–Kier alpha value is -1.62. The second kappa shape index (κ2) is 4.94. The highest BCUT2D eigenvalue weighted by atomic mass is 35.5. The molecule has 0 radical (unpaired) electrons. The number of allylic oxidation sites excluding steroid dienone is 1. The van der Waals surface area contributed by atoms with Crippen molar-refractivity contribution < 1.29 is 4.84 Å². The van der Waals surface area contributed by atoms with Crippen LogP contribution in [0.5, 0.6) is 0 Å². The average Bonchev–Trinajstić information content (AvgIpc) is 2.27. The van der Waals surface area contributed by atoms with Gasteiger partial charge in [-0.25, -0.2) is 9.97 Å². The molecule has 1 aliphatic rings. The predicted octanol–water partition coefficient (Wildman–Crippen LogP) is 1.87. The van der Waals surface area contributed by atoms with Gasteiger partial charge in [0.05, 0.1) is 5.71 Å². The molecule has 1 aromatic heterocycles. The fourth-order valence-electron chi connectivity index (χ4n) is 1.32. The monoisotopic (exact) mass is 238 g/mol. The third kappa shape index (κ3) is 2.93. The van der Waals surface area contributed by atoms with Crippen LogP contribution in [-0.2, 0) is 4.84 Å². The van der Waals surface area contributed by atoms with Crippen LogP contribution in [0.25, 0.3) is 0 Å². The lowest BCUT2D eigenvalue weighted by Crippen LogP contribution is -2.14. The van der Waals surface area contributed by atoms with Gasteiger partial charge in [0.25, 0.3) is 0 Å². The van der Waals surface area contributed by atoms with E-state index in [0.29, 0.717) is 24.1 Å². The smallest absolute Gasteiger partial charge is 0.140 e. The van der Waals surface area contributed by atoms with Gasteiger partial charge in [-0.2, -0.15) is 0 Å². The van der Waals surface area contributed by atoms with Crippen molar-refractivity contribution in [3.63, 3.8) is 0 Å². The van der Waals surface area contributed by atoms with Gasteiger partial charge in [0.15, 0.2) is 0 Å². The molecule has 2 rings (SSSR count). The number of hydrogen-bond donors (Lipinski definition) is 1. The Morgan fingerprint density at radius 3 is 3.12 bits per heavy atom. The van der Waals surface area contributed by atoms with Crippen molar-refractivity contribution in [2.24, 2.45) is 5.16 Å². The van der Waals surface area contributed by atoms with Gasteiger partial charge in [0.1, 0.15) is 23.9 Å². The fourth-order valence-corrected chi connectivity index (χ4v) is 1.46. The van der Waals surface area contributed by atoms with Crippen LogP contribution in [0.1, 0.15) is 6.92 Å². The van der Waals surface area contributed by atoms with Crippen molar-refractivity contribution in [3.05, 3.63) is 29.2 Å². The molecule has 0 bridgehead atoms. The van der Waals surface area contributed by atoms with E-state index in [9.17, 15) is 0 Å². The molecule has 5 nitrogen and oxygen atoms in total. The number of nitrogens with one attached hydrogen (secondary N) is 1. The first kappa shape index (κ1) is 10.9. The van der Waals surface area contributed by atoms with Crippen molar-refractivity contribution in [1.82, 2.24) is 9.97 Å². The minimum Gasteiger partial charge on any atom is -0.391 e. The molecule has 2 heterocycles. The molecule has 16 heavy (non-hydrogen) atoms. The van der Waals surface area contributed by atoms with Crippen molar-refractivity contribution in [2.75, 3.05) is 18.5 Å². The first-order valence-electron chi connectivity index (χ1n) is 4.81. The number of oxime groups is 1. The standard InChI is InChI=1S/C10H11ClN4O/c1-7-2-8(5-16-15-7)4-12-10-3-9(11)13-6-14-10/h2-3,6H,4-5H2,1H3,(H,12,13,14). The van der Waals surface area contributed by atoms with Gasteiger partial charge in [-0.3, -0.25) is 0 Å². The molecule has 1 aliphatic heterocycles. The zero-order valence-corrected chi connectivity index (χ0v) is 9.53. The summed E-state index contributed by atoms with van der Waals surface area (Å²) in [6.45, 7) is 3.05. The van der Waals surface area contributed by atoms with E-state index in [1.807, 2.05) is 13.0 Å². The Balaban J connectivity index is 1.95. The zero-order chi connectivity index (χ0) is 11.4. The zero-order valence-electron chi connectivity index (χ0n) is 8.77. The Labute approximate surface area is 98.2 Å². The summed E-state index contributed by atoms with van der Waals surface area (Å²) in [6.07, 6.45) is 3.41. The van der Waals surface area contributed by atoms with Crippen molar-refractivity contribution in [1.29, 1.82) is 0 Å². The SMILES string of the molecule is CC1=NOCC(CNc2cc(Cl)ncn2)=C1. The van der Waals surface area contributed by atoms with Gasteiger partial charge in [0, 0.05) is 12.6 Å². The molecule has 0 saturated carbocycles. The number of halogens is 1. The maximum absolute atomic E-state index is 5.74. The van der Waals surface area contributed by atoms with E-state index in [-0.39, 0.29) is 0 Å². The van der Waals surface area contributed by atoms with Crippen molar-refractivity contribution in [2.45, 2.75) is 6.92 Å².